The van der Waals surface area contributed by atoms with E-state index in [1.165, 1.54) is 16.7 Å². The molecule has 126 heavy (non-hydrogen) atoms. The molecule has 0 fully saturated rings. The molecule has 24 heteroatoms. The van der Waals surface area contributed by atoms with Crippen LogP contribution in [0.1, 0.15) is 0 Å². The van der Waals surface area contributed by atoms with Crippen LogP contribution < -0.4 is 38.2 Å². The Hall–Kier alpha value is -13.1. The van der Waals surface area contributed by atoms with Crippen molar-refractivity contribution >= 4 is 214 Å². The van der Waals surface area contributed by atoms with E-state index >= 15 is 0 Å². The van der Waals surface area contributed by atoms with Crippen molar-refractivity contribution < 1.29 is 80.4 Å². The minimum absolute atomic E-state index is 0.225. The van der Waals surface area contributed by atoms with Crippen LogP contribution in [0, 0.1) is 11.8 Å². The van der Waals surface area contributed by atoms with E-state index in [-0.39, 0.29) is 5.92 Å². The van der Waals surface area contributed by atoms with Crippen LogP contribution in [0.2, 0.25) is 0 Å². The molecule has 0 bridgehead atoms. The fourth-order valence-corrected chi connectivity index (χ4v) is 16.8. The molecule has 22 rings (SSSR count). The summed E-state index contributed by atoms with van der Waals surface area (Å²) in [4.78, 5) is 0. The monoisotopic (exact) mass is 1650 g/mol. The largest absolute Gasteiger partial charge is 0.489 e. The highest BCUT2D eigenvalue weighted by molar-refractivity contribution is 6.66. The molecule has 0 radical (unpaired) electrons. The topological polar surface area (TPSA) is 324 Å². The highest BCUT2D eigenvalue weighted by Gasteiger charge is 2.40. The maximum Gasteiger partial charge on any atom is 0.489 e. The Balaban J connectivity index is 0.000000112. The average Bonchev–Trinajstić information content (AvgIpc) is 0.744. The number of hydrogen-bond acceptors (Lipinski definition) is 16. The van der Waals surface area contributed by atoms with Crippen molar-refractivity contribution in [3.63, 3.8) is 0 Å². The van der Waals surface area contributed by atoms with Crippen LogP contribution in [-0.2, 0) is 0 Å². The van der Waals surface area contributed by atoms with Crippen molar-refractivity contribution in [2.75, 3.05) is 0 Å². The van der Waals surface area contributed by atoms with Crippen LogP contribution in [0.3, 0.4) is 0 Å². The lowest BCUT2D eigenvalue weighted by Gasteiger charge is -2.40. The molecule has 0 spiro atoms. The SMILES string of the molecule is OB(O)C1=C2C=CC3=CC=CC4=CC=C(C=C1)C2C34.OB(O)c1c2ccccc2cc2ccccc12.OB(O)c1cc2c3ccccc3ccc2c2ccccc12.OB(O)c1cc2ccccc2c2ccccc12.OB(O)c1ccc2ccc3ccccc3c2c1.OB(O)c1ccc2ccccc2c1.OB(O)c1cccc2ccccc12.OB(O)c1ccccc1. The van der Waals surface area contributed by atoms with Crippen molar-refractivity contribution in [1.82, 2.24) is 0 Å². The van der Waals surface area contributed by atoms with E-state index in [0.29, 0.717) is 49.6 Å². The quantitative estimate of drug-likeness (QED) is 0.0382. The molecule has 4 aliphatic carbocycles. The van der Waals surface area contributed by atoms with Gasteiger partial charge in [-0.1, -0.05) is 394 Å². The van der Waals surface area contributed by atoms with Gasteiger partial charge in [0.2, 0.25) is 0 Å². The van der Waals surface area contributed by atoms with Gasteiger partial charge in [-0.05, 0) is 191 Å². The van der Waals surface area contributed by atoms with Gasteiger partial charge in [-0.15, -0.1) is 0 Å². The Labute approximate surface area is 729 Å². The van der Waals surface area contributed by atoms with Gasteiger partial charge < -0.3 is 80.4 Å². The molecule has 2 unspecified atom stereocenters. The van der Waals surface area contributed by atoms with Gasteiger partial charge >= 0.3 is 56.9 Å². The number of benzene rings is 18. The predicted octanol–water partition coefficient (Wildman–Crippen LogP) is 10.3. The average molecular weight is 1650 g/mol. The van der Waals surface area contributed by atoms with E-state index in [1.807, 2.05) is 273 Å². The van der Waals surface area contributed by atoms with Crippen molar-refractivity contribution in [3.05, 3.63) is 428 Å². The normalized spacial score (nSPS) is 13.6. The third kappa shape index (κ3) is 19.7. The van der Waals surface area contributed by atoms with Crippen molar-refractivity contribution in [2.45, 2.75) is 0 Å². The number of rotatable bonds is 8. The highest BCUT2D eigenvalue weighted by atomic mass is 16.4. The van der Waals surface area contributed by atoms with Gasteiger partial charge in [0, 0.05) is 11.8 Å². The summed E-state index contributed by atoms with van der Waals surface area (Å²) in [6, 6.07) is 110. The summed E-state index contributed by atoms with van der Waals surface area (Å²) in [5.41, 5.74) is 9.32. The van der Waals surface area contributed by atoms with Gasteiger partial charge in [0.05, 0.1) is 0 Å². The minimum Gasteiger partial charge on any atom is -0.423 e. The zero-order chi connectivity index (χ0) is 88.1. The number of hydrogen-bond donors (Lipinski definition) is 16. The molecular weight excluding hydrogens is 1570 g/mol. The predicted molar refractivity (Wildman–Crippen MR) is 522 cm³/mol. The zero-order valence-corrected chi connectivity index (χ0v) is 68.0. The highest BCUT2D eigenvalue weighted by Crippen LogP contribution is 2.49. The molecule has 18 aromatic rings. The second kappa shape index (κ2) is 40.2. The molecule has 16 N–H and O–H groups in total. The van der Waals surface area contributed by atoms with Crippen LogP contribution in [0.15, 0.2) is 428 Å². The Kier molecular flexibility index (Phi) is 28.0. The van der Waals surface area contributed by atoms with Crippen LogP contribution in [-0.4, -0.2) is 137 Å². The van der Waals surface area contributed by atoms with Crippen LogP contribution in [0.25, 0.3) is 118 Å². The fraction of sp³-hybridized carbons (Fsp3) is 0.0196. The maximum absolute atomic E-state index is 9.71. The first kappa shape index (κ1) is 87.8. The number of fused-ring (bicyclic) bond motifs is 15. The summed E-state index contributed by atoms with van der Waals surface area (Å²) in [5, 5.41) is 171. The third-order valence-corrected chi connectivity index (χ3v) is 22.9. The van der Waals surface area contributed by atoms with Crippen LogP contribution in [0.5, 0.6) is 0 Å². The Morgan fingerprint density at radius 2 is 0.548 bits per heavy atom. The smallest absolute Gasteiger partial charge is 0.423 e. The zero-order valence-electron chi connectivity index (χ0n) is 68.0. The summed E-state index contributed by atoms with van der Waals surface area (Å²) in [6.45, 7) is 0. The van der Waals surface area contributed by atoms with E-state index in [4.69, 9.17) is 30.1 Å². The molecule has 0 aromatic heterocycles. The molecule has 612 valence electrons. The van der Waals surface area contributed by atoms with E-state index in [9.17, 15) is 50.2 Å². The summed E-state index contributed by atoms with van der Waals surface area (Å²) in [5.74, 6) is 0.548. The number of allylic oxidation sites excluding steroid dienone is 14. The minimum atomic E-state index is -1.47. The van der Waals surface area contributed by atoms with Gasteiger partial charge in [0.15, 0.2) is 0 Å². The standard InChI is InChI=1S/C18H13BO2.C16H13BO2.3C14H11BO2.2C10H9BO2.C6H7BO2/c20-19(21)18-11-17-13-6-2-1-5-12(13)9-10-15(17)14-7-3-4-8-16(14)18;18-17(19)14-9-7-12-5-4-10-2-1-3-11-6-8-13(14)16(12)15(10)11;16-15(17)14-12-7-3-1-5-10(12)9-11-6-2-4-8-13(11)14;16-15(17)14-9-10-5-1-2-6-11(10)12-7-3-4-8-13(12)14;16-15(17)12-8-7-11-6-5-10-3-1-2-4-13(10)14(11)9-12;12-11(13)10-7-3-5-8-4-1-2-6-9(8)10;12-11(13)10-6-5-8-3-1-2-4-9(8)7-10;8-7(9)6-4-2-1-3-5-6/h1-11,20-21H;1-9,15-16,18-19H;3*1-9,16-17H;2*1-7,12-13H;1-5,8-9H. The van der Waals surface area contributed by atoms with Gasteiger partial charge in [0.1, 0.15) is 0 Å². The van der Waals surface area contributed by atoms with Gasteiger partial charge in [-0.2, -0.15) is 0 Å². The van der Waals surface area contributed by atoms with Crippen LogP contribution in [0.4, 0.5) is 0 Å². The molecule has 0 saturated heterocycles. The first-order chi connectivity index (χ1) is 61.2. The molecule has 18 aromatic carbocycles. The van der Waals surface area contributed by atoms with Crippen molar-refractivity contribution in [3.8, 4) is 0 Å². The van der Waals surface area contributed by atoms with Crippen molar-refractivity contribution in [1.29, 1.82) is 0 Å². The summed E-state index contributed by atoms with van der Waals surface area (Å²) < 4.78 is 0. The second-order valence-electron chi connectivity index (χ2n) is 30.6. The molecular formula is C102H84B8O16. The van der Waals surface area contributed by atoms with Gasteiger partial charge in [-0.3, -0.25) is 0 Å². The first-order valence-corrected chi connectivity index (χ1v) is 41.0. The Morgan fingerprint density at radius 1 is 0.175 bits per heavy atom. The van der Waals surface area contributed by atoms with Gasteiger partial charge in [-0.25, -0.2) is 0 Å². The first-order valence-electron chi connectivity index (χ1n) is 41.0. The van der Waals surface area contributed by atoms with E-state index < -0.39 is 56.9 Å². The Bertz CT molecular complexity index is 7170. The molecule has 0 heterocycles. The van der Waals surface area contributed by atoms with Gasteiger partial charge in [0.25, 0.3) is 0 Å². The Morgan fingerprint density at radius 3 is 1.08 bits per heavy atom. The summed E-state index contributed by atoms with van der Waals surface area (Å²) in [7, 11) is -11.3. The molecule has 4 aliphatic rings. The third-order valence-electron chi connectivity index (χ3n) is 22.9. The lowest BCUT2D eigenvalue weighted by Crippen LogP contribution is -2.31. The van der Waals surface area contributed by atoms with Crippen molar-refractivity contribution in [2.24, 2.45) is 11.8 Å². The van der Waals surface area contributed by atoms with E-state index in [1.54, 1.807) is 48.5 Å². The molecule has 0 amide bonds. The van der Waals surface area contributed by atoms with Crippen LogP contribution >= 0.6 is 0 Å². The lowest BCUT2D eigenvalue weighted by molar-refractivity contribution is 0.417. The molecule has 16 nitrogen and oxygen atoms in total. The second-order valence-corrected chi connectivity index (χ2v) is 30.6. The maximum atomic E-state index is 9.71. The fourth-order valence-electron chi connectivity index (χ4n) is 16.8. The lowest BCUT2D eigenvalue weighted by atomic mass is 9.59. The summed E-state index contributed by atoms with van der Waals surface area (Å²) in [6.07, 6.45) is 18.6. The molecule has 0 aliphatic heterocycles. The summed E-state index contributed by atoms with van der Waals surface area (Å²) >= 11 is 0. The molecule has 0 saturated carbocycles. The van der Waals surface area contributed by atoms with E-state index in [2.05, 4.69) is 78.9 Å². The van der Waals surface area contributed by atoms with E-state index in [0.717, 1.165) is 124 Å². The molecule has 2 atom stereocenters.